The highest BCUT2D eigenvalue weighted by Crippen LogP contribution is 2.14. The SMILES string of the molecule is CCCNc1nc(N(C)C)nc(N(C)CC(O)COC)n1. The first kappa shape index (κ1) is 17.4. The zero-order valence-electron chi connectivity index (χ0n) is 13.5. The molecule has 21 heavy (non-hydrogen) atoms. The molecule has 0 aromatic carbocycles. The summed E-state index contributed by atoms with van der Waals surface area (Å²) in [5.74, 6) is 1.63. The second-order valence-corrected chi connectivity index (χ2v) is 5.07. The summed E-state index contributed by atoms with van der Waals surface area (Å²) < 4.78 is 4.93. The van der Waals surface area contributed by atoms with Crippen LogP contribution in [0.15, 0.2) is 0 Å². The van der Waals surface area contributed by atoms with Gasteiger partial charge in [0.05, 0.1) is 12.7 Å². The van der Waals surface area contributed by atoms with Crippen molar-refractivity contribution in [1.29, 1.82) is 0 Å². The van der Waals surface area contributed by atoms with E-state index in [-0.39, 0.29) is 6.61 Å². The quantitative estimate of drug-likeness (QED) is 0.669. The number of methoxy groups -OCH3 is 1. The van der Waals surface area contributed by atoms with Gasteiger partial charge in [-0.25, -0.2) is 0 Å². The molecular formula is C13H26N6O2. The number of hydrogen-bond acceptors (Lipinski definition) is 8. The van der Waals surface area contributed by atoms with Crippen LogP contribution in [0.5, 0.6) is 0 Å². The lowest BCUT2D eigenvalue weighted by atomic mass is 10.3. The maximum absolute atomic E-state index is 9.81. The summed E-state index contributed by atoms with van der Waals surface area (Å²) in [7, 11) is 7.14. The van der Waals surface area contributed by atoms with Crippen LogP contribution in [0.25, 0.3) is 0 Å². The van der Waals surface area contributed by atoms with Crippen molar-refractivity contribution in [3.63, 3.8) is 0 Å². The monoisotopic (exact) mass is 298 g/mol. The first-order chi connectivity index (χ1) is 9.97. The zero-order chi connectivity index (χ0) is 15.8. The van der Waals surface area contributed by atoms with E-state index in [0.717, 1.165) is 13.0 Å². The fraction of sp³-hybridized carbons (Fsp3) is 0.769. The average Bonchev–Trinajstić information content (AvgIpc) is 2.44. The molecule has 0 saturated heterocycles. The molecule has 0 radical (unpaired) electrons. The molecule has 0 aliphatic heterocycles. The van der Waals surface area contributed by atoms with Crippen molar-refractivity contribution in [3.05, 3.63) is 0 Å². The summed E-state index contributed by atoms with van der Waals surface area (Å²) in [6.07, 6.45) is 0.396. The molecule has 1 aromatic rings. The number of aliphatic hydroxyl groups excluding tert-OH is 1. The van der Waals surface area contributed by atoms with Gasteiger partial charge in [-0.15, -0.1) is 0 Å². The highest BCUT2D eigenvalue weighted by molar-refractivity contribution is 5.44. The lowest BCUT2D eigenvalue weighted by Gasteiger charge is -2.22. The lowest BCUT2D eigenvalue weighted by Crippen LogP contribution is -2.33. The number of nitrogens with one attached hydrogen (secondary N) is 1. The molecule has 1 aromatic heterocycles. The average molecular weight is 298 g/mol. The second-order valence-electron chi connectivity index (χ2n) is 5.07. The van der Waals surface area contributed by atoms with Gasteiger partial charge in [-0.3, -0.25) is 0 Å². The Balaban J connectivity index is 2.90. The predicted molar refractivity (Wildman–Crippen MR) is 84.1 cm³/mol. The molecular weight excluding hydrogens is 272 g/mol. The molecule has 0 amide bonds. The molecule has 120 valence electrons. The third-order valence-electron chi connectivity index (χ3n) is 2.73. The number of likely N-dealkylation sites (N-methyl/N-ethyl adjacent to an activating group) is 1. The van der Waals surface area contributed by atoms with Crippen LogP contribution < -0.4 is 15.1 Å². The van der Waals surface area contributed by atoms with E-state index in [2.05, 4.69) is 27.2 Å². The molecule has 1 atom stereocenters. The van der Waals surface area contributed by atoms with Crippen molar-refractivity contribution < 1.29 is 9.84 Å². The van der Waals surface area contributed by atoms with Gasteiger partial charge in [0, 0.05) is 41.3 Å². The van der Waals surface area contributed by atoms with E-state index in [4.69, 9.17) is 4.74 Å². The van der Waals surface area contributed by atoms with E-state index in [1.54, 1.807) is 12.0 Å². The Kier molecular flexibility index (Phi) is 7.10. The Morgan fingerprint density at radius 3 is 2.43 bits per heavy atom. The van der Waals surface area contributed by atoms with Crippen LogP contribution in [-0.2, 0) is 4.74 Å². The first-order valence-corrected chi connectivity index (χ1v) is 7.03. The highest BCUT2D eigenvalue weighted by Gasteiger charge is 2.14. The molecule has 0 spiro atoms. The summed E-state index contributed by atoms with van der Waals surface area (Å²) in [6.45, 7) is 3.54. The predicted octanol–water partition coefficient (Wildman–Crippen LogP) is 0.203. The standard InChI is InChI=1S/C13H26N6O2/c1-6-7-14-11-15-12(18(2)3)17-13(16-11)19(4)8-10(20)9-21-5/h10,20H,6-9H2,1-5H3,(H,14,15,16,17). The van der Waals surface area contributed by atoms with Crippen LogP contribution in [-0.4, -0.2) is 74.1 Å². The topological polar surface area (TPSA) is 86.6 Å². The van der Waals surface area contributed by atoms with Crippen LogP contribution in [0, 0.1) is 0 Å². The van der Waals surface area contributed by atoms with Gasteiger partial charge in [-0.05, 0) is 6.42 Å². The van der Waals surface area contributed by atoms with Crippen LogP contribution in [0.2, 0.25) is 0 Å². The van der Waals surface area contributed by atoms with Gasteiger partial charge in [-0.1, -0.05) is 6.92 Å². The Morgan fingerprint density at radius 2 is 1.86 bits per heavy atom. The molecule has 1 unspecified atom stereocenters. The molecule has 0 aliphatic rings. The Bertz CT molecular complexity index is 429. The minimum Gasteiger partial charge on any atom is -0.389 e. The number of rotatable bonds is 9. The van der Waals surface area contributed by atoms with Gasteiger partial charge in [0.25, 0.3) is 0 Å². The van der Waals surface area contributed by atoms with E-state index in [9.17, 15) is 5.11 Å². The van der Waals surface area contributed by atoms with Crippen molar-refractivity contribution in [2.75, 3.05) is 63.1 Å². The molecule has 0 fully saturated rings. The molecule has 2 N–H and O–H groups in total. The molecule has 1 heterocycles. The fourth-order valence-electron chi connectivity index (χ4n) is 1.68. The highest BCUT2D eigenvalue weighted by atomic mass is 16.5. The fourth-order valence-corrected chi connectivity index (χ4v) is 1.68. The molecule has 8 nitrogen and oxygen atoms in total. The summed E-state index contributed by atoms with van der Waals surface area (Å²) in [6, 6.07) is 0. The van der Waals surface area contributed by atoms with Crippen LogP contribution in [0.1, 0.15) is 13.3 Å². The number of anilines is 3. The number of ether oxygens (including phenoxy) is 1. The number of aromatic nitrogens is 3. The van der Waals surface area contributed by atoms with Gasteiger partial charge in [0.1, 0.15) is 0 Å². The summed E-state index contributed by atoms with van der Waals surface area (Å²) in [5, 5.41) is 13.0. The van der Waals surface area contributed by atoms with Crippen molar-refractivity contribution in [2.24, 2.45) is 0 Å². The Labute approximate surface area is 126 Å². The van der Waals surface area contributed by atoms with Gasteiger partial charge < -0.3 is 25.0 Å². The molecule has 0 aliphatic carbocycles. The number of nitrogens with zero attached hydrogens (tertiary/aromatic N) is 5. The summed E-state index contributed by atoms with van der Waals surface area (Å²) in [4.78, 5) is 16.7. The number of aliphatic hydroxyl groups is 1. The van der Waals surface area contributed by atoms with E-state index in [1.807, 2.05) is 26.0 Å². The normalized spacial score (nSPS) is 12.1. The zero-order valence-corrected chi connectivity index (χ0v) is 13.5. The third-order valence-corrected chi connectivity index (χ3v) is 2.73. The van der Waals surface area contributed by atoms with E-state index >= 15 is 0 Å². The smallest absolute Gasteiger partial charge is 0.231 e. The van der Waals surface area contributed by atoms with Gasteiger partial charge >= 0.3 is 0 Å². The van der Waals surface area contributed by atoms with E-state index in [0.29, 0.717) is 24.4 Å². The summed E-state index contributed by atoms with van der Waals surface area (Å²) >= 11 is 0. The van der Waals surface area contributed by atoms with Crippen molar-refractivity contribution in [3.8, 4) is 0 Å². The van der Waals surface area contributed by atoms with Crippen molar-refractivity contribution in [2.45, 2.75) is 19.4 Å². The van der Waals surface area contributed by atoms with E-state index < -0.39 is 6.10 Å². The minimum atomic E-state index is -0.591. The van der Waals surface area contributed by atoms with Gasteiger partial charge in [0.2, 0.25) is 17.8 Å². The van der Waals surface area contributed by atoms with Crippen molar-refractivity contribution >= 4 is 17.8 Å². The molecule has 1 rings (SSSR count). The maximum Gasteiger partial charge on any atom is 0.231 e. The lowest BCUT2D eigenvalue weighted by molar-refractivity contribution is 0.0693. The van der Waals surface area contributed by atoms with Crippen molar-refractivity contribution in [1.82, 2.24) is 15.0 Å². The van der Waals surface area contributed by atoms with Crippen LogP contribution in [0.4, 0.5) is 17.8 Å². The minimum absolute atomic E-state index is 0.275. The Hall–Kier alpha value is -1.67. The first-order valence-electron chi connectivity index (χ1n) is 7.03. The van der Waals surface area contributed by atoms with E-state index in [1.165, 1.54) is 0 Å². The third kappa shape index (κ3) is 5.68. The number of hydrogen-bond donors (Lipinski definition) is 2. The van der Waals surface area contributed by atoms with Crippen LogP contribution in [0.3, 0.4) is 0 Å². The van der Waals surface area contributed by atoms with Crippen LogP contribution >= 0.6 is 0 Å². The molecule has 0 bridgehead atoms. The maximum atomic E-state index is 9.81. The van der Waals surface area contributed by atoms with Gasteiger partial charge in [0.15, 0.2) is 0 Å². The van der Waals surface area contributed by atoms with Gasteiger partial charge in [-0.2, -0.15) is 15.0 Å². The summed E-state index contributed by atoms with van der Waals surface area (Å²) in [5.41, 5.74) is 0. The molecule has 8 heteroatoms. The Morgan fingerprint density at radius 1 is 1.19 bits per heavy atom. The second kappa shape index (κ2) is 8.58. The molecule has 0 saturated carbocycles. The largest absolute Gasteiger partial charge is 0.389 e.